The van der Waals surface area contributed by atoms with Gasteiger partial charge in [-0.3, -0.25) is 9.63 Å². The fourth-order valence-corrected chi connectivity index (χ4v) is 3.51. The van der Waals surface area contributed by atoms with Crippen LogP contribution in [0.5, 0.6) is 0 Å². The maximum Gasteiger partial charge on any atom is 0.244 e. The summed E-state index contributed by atoms with van der Waals surface area (Å²) < 4.78 is 26.8. The maximum atomic E-state index is 12.2. The number of benzene rings is 1. The summed E-state index contributed by atoms with van der Waals surface area (Å²) in [5, 5.41) is 0. The number of carbonyl (C=O) groups is 1. The van der Waals surface area contributed by atoms with Crippen LogP contribution in [0.3, 0.4) is 0 Å². The molecule has 2 rings (SSSR count). The van der Waals surface area contributed by atoms with Crippen molar-refractivity contribution in [1.82, 2.24) is 10.2 Å². The van der Waals surface area contributed by atoms with Gasteiger partial charge >= 0.3 is 0 Å². The van der Waals surface area contributed by atoms with E-state index < -0.39 is 10.0 Å². The van der Waals surface area contributed by atoms with E-state index in [2.05, 4.69) is 15.0 Å². The van der Waals surface area contributed by atoms with Crippen LogP contribution in [0, 0.1) is 0 Å². The van der Waals surface area contributed by atoms with E-state index in [0.29, 0.717) is 0 Å². The molecule has 116 valence electrons. The number of rotatable bonds is 6. The molecule has 21 heavy (non-hydrogen) atoms. The number of carbonyl (C=O) groups excluding carboxylic acids is 1. The van der Waals surface area contributed by atoms with Gasteiger partial charge in [-0.25, -0.2) is 18.6 Å². The van der Waals surface area contributed by atoms with Crippen LogP contribution in [0.4, 0.5) is 0 Å². The van der Waals surface area contributed by atoms with Crippen LogP contribution in [0.25, 0.3) is 0 Å². The number of aryl methyl sites for hydroxylation is 2. The SMILES string of the molecule is CONC(=O)CCNS(=O)(=O)c1ccc2c(c1)CCCC2. The number of hydroxylamine groups is 1. The zero-order valence-corrected chi connectivity index (χ0v) is 12.8. The Balaban J connectivity index is 2.01. The molecule has 0 radical (unpaired) electrons. The highest BCUT2D eigenvalue weighted by Crippen LogP contribution is 2.23. The monoisotopic (exact) mass is 312 g/mol. The molecule has 1 aromatic rings. The van der Waals surface area contributed by atoms with Crippen LogP contribution >= 0.6 is 0 Å². The minimum absolute atomic E-state index is 0.0258. The lowest BCUT2D eigenvalue weighted by Crippen LogP contribution is -2.30. The van der Waals surface area contributed by atoms with E-state index in [1.54, 1.807) is 12.1 Å². The molecule has 1 aliphatic carbocycles. The number of hydrogen-bond acceptors (Lipinski definition) is 4. The van der Waals surface area contributed by atoms with Gasteiger partial charge in [-0.05, 0) is 48.9 Å². The van der Waals surface area contributed by atoms with E-state index in [4.69, 9.17) is 0 Å². The molecule has 0 aliphatic heterocycles. The van der Waals surface area contributed by atoms with Gasteiger partial charge in [-0.1, -0.05) is 6.07 Å². The van der Waals surface area contributed by atoms with Crippen LogP contribution in [0.1, 0.15) is 30.4 Å². The largest absolute Gasteiger partial charge is 0.277 e. The van der Waals surface area contributed by atoms with Crippen molar-refractivity contribution in [2.45, 2.75) is 37.0 Å². The molecular weight excluding hydrogens is 292 g/mol. The minimum Gasteiger partial charge on any atom is -0.277 e. The molecule has 6 nitrogen and oxygen atoms in total. The predicted octanol–water partition coefficient (Wildman–Crippen LogP) is 0.911. The van der Waals surface area contributed by atoms with Gasteiger partial charge in [-0.15, -0.1) is 0 Å². The van der Waals surface area contributed by atoms with Gasteiger partial charge in [0.25, 0.3) is 0 Å². The molecular formula is C14H20N2O4S. The predicted molar refractivity (Wildman–Crippen MR) is 78.0 cm³/mol. The lowest BCUT2D eigenvalue weighted by molar-refractivity contribution is -0.131. The fourth-order valence-electron chi connectivity index (χ4n) is 2.42. The summed E-state index contributed by atoms with van der Waals surface area (Å²) in [4.78, 5) is 15.9. The normalized spacial score (nSPS) is 14.5. The Kier molecular flexibility index (Phi) is 5.33. The highest BCUT2D eigenvalue weighted by atomic mass is 32.2. The van der Waals surface area contributed by atoms with Crippen molar-refractivity contribution in [2.24, 2.45) is 0 Å². The van der Waals surface area contributed by atoms with Crippen LogP contribution in [-0.4, -0.2) is 28.0 Å². The number of fused-ring (bicyclic) bond motifs is 1. The summed E-state index contributed by atoms with van der Waals surface area (Å²) in [6, 6.07) is 5.26. The molecule has 0 aromatic heterocycles. The Morgan fingerprint density at radius 2 is 1.95 bits per heavy atom. The minimum atomic E-state index is -3.58. The summed E-state index contributed by atoms with van der Waals surface area (Å²) in [6.45, 7) is 0.0363. The molecule has 1 amide bonds. The van der Waals surface area contributed by atoms with Gasteiger partial charge in [-0.2, -0.15) is 0 Å². The zero-order valence-electron chi connectivity index (χ0n) is 12.0. The lowest BCUT2D eigenvalue weighted by atomic mass is 9.92. The van der Waals surface area contributed by atoms with Crippen LogP contribution in [-0.2, 0) is 32.5 Å². The van der Waals surface area contributed by atoms with Crippen LogP contribution < -0.4 is 10.2 Å². The first-order valence-electron chi connectivity index (χ1n) is 6.96. The van der Waals surface area contributed by atoms with E-state index in [1.807, 2.05) is 6.07 Å². The summed E-state index contributed by atoms with van der Waals surface area (Å²) >= 11 is 0. The standard InChI is InChI=1S/C14H20N2O4S/c1-20-16-14(17)8-9-15-21(18,19)13-7-6-11-4-2-3-5-12(11)10-13/h6-7,10,15H,2-5,8-9H2,1H3,(H,16,17). The number of sulfonamides is 1. The van der Waals surface area contributed by atoms with Gasteiger partial charge in [0.15, 0.2) is 0 Å². The van der Waals surface area contributed by atoms with Crippen LogP contribution in [0.15, 0.2) is 23.1 Å². The second-order valence-electron chi connectivity index (χ2n) is 5.01. The Bertz CT molecular complexity index is 613. The first kappa shape index (κ1) is 15.9. The van der Waals surface area contributed by atoms with Gasteiger partial charge in [0.05, 0.1) is 12.0 Å². The molecule has 0 unspecified atom stereocenters. The Hall–Kier alpha value is -1.44. The second kappa shape index (κ2) is 7.02. The van der Waals surface area contributed by atoms with Crippen molar-refractivity contribution < 1.29 is 18.0 Å². The molecule has 0 bridgehead atoms. The van der Waals surface area contributed by atoms with Crippen molar-refractivity contribution in [3.05, 3.63) is 29.3 Å². The van der Waals surface area contributed by atoms with E-state index in [0.717, 1.165) is 31.2 Å². The Morgan fingerprint density at radius 1 is 1.24 bits per heavy atom. The second-order valence-corrected chi connectivity index (χ2v) is 6.78. The number of amides is 1. The number of hydrogen-bond donors (Lipinski definition) is 2. The fraction of sp³-hybridized carbons (Fsp3) is 0.500. The van der Waals surface area contributed by atoms with Crippen molar-refractivity contribution in [1.29, 1.82) is 0 Å². The first-order chi connectivity index (χ1) is 10.0. The lowest BCUT2D eigenvalue weighted by Gasteiger charge is -2.16. The number of nitrogens with one attached hydrogen (secondary N) is 2. The Labute approximate surface area is 124 Å². The maximum absolute atomic E-state index is 12.2. The van der Waals surface area contributed by atoms with Crippen molar-refractivity contribution in [3.63, 3.8) is 0 Å². The van der Waals surface area contributed by atoms with E-state index in [1.165, 1.54) is 12.7 Å². The topological polar surface area (TPSA) is 84.5 Å². The van der Waals surface area contributed by atoms with E-state index in [9.17, 15) is 13.2 Å². The van der Waals surface area contributed by atoms with Gasteiger partial charge in [0.2, 0.25) is 15.9 Å². The molecule has 0 heterocycles. The average molecular weight is 312 g/mol. The van der Waals surface area contributed by atoms with Gasteiger partial charge in [0, 0.05) is 13.0 Å². The molecule has 7 heteroatoms. The molecule has 2 N–H and O–H groups in total. The van der Waals surface area contributed by atoms with Gasteiger partial charge in [0.1, 0.15) is 0 Å². The quantitative estimate of drug-likeness (QED) is 0.765. The van der Waals surface area contributed by atoms with E-state index in [-0.39, 0.29) is 23.8 Å². The van der Waals surface area contributed by atoms with Crippen molar-refractivity contribution in [2.75, 3.05) is 13.7 Å². The third-order valence-corrected chi connectivity index (χ3v) is 4.95. The van der Waals surface area contributed by atoms with Crippen molar-refractivity contribution >= 4 is 15.9 Å². The molecule has 0 saturated carbocycles. The summed E-state index contributed by atoms with van der Waals surface area (Å²) in [5.74, 6) is -0.370. The smallest absolute Gasteiger partial charge is 0.244 e. The Morgan fingerprint density at radius 3 is 2.67 bits per heavy atom. The van der Waals surface area contributed by atoms with Crippen LogP contribution in [0.2, 0.25) is 0 Å². The van der Waals surface area contributed by atoms with E-state index >= 15 is 0 Å². The molecule has 1 aromatic carbocycles. The highest BCUT2D eigenvalue weighted by Gasteiger charge is 2.17. The first-order valence-corrected chi connectivity index (χ1v) is 8.44. The molecule has 0 atom stereocenters. The molecule has 0 saturated heterocycles. The van der Waals surface area contributed by atoms with Gasteiger partial charge < -0.3 is 0 Å². The summed E-state index contributed by atoms with van der Waals surface area (Å²) in [5.41, 5.74) is 4.49. The van der Waals surface area contributed by atoms with Crippen molar-refractivity contribution in [3.8, 4) is 0 Å². The molecule has 0 fully saturated rings. The average Bonchev–Trinajstić information content (AvgIpc) is 2.47. The third kappa shape index (κ3) is 4.26. The highest BCUT2D eigenvalue weighted by molar-refractivity contribution is 7.89. The molecule has 1 aliphatic rings. The summed E-state index contributed by atoms with van der Waals surface area (Å²) in [6.07, 6.45) is 4.22. The third-order valence-electron chi connectivity index (χ3n) is 3.49. The summed E-state index contributed by atoms with van der Waals surface area (Å²) in [7, 11) is -2.25. The zero-order chi connectivity index (χ0) is 15.3. The molecule has 0 spiro atoms.